The first-order valence-electron chi connectivity index (χ1n) is 6.96. The fourth-order valence-corrected chi connectivity index (χ4v) is 2.44. The molecule has 0 radical (unpaired) electrons. The number of hydrogen-bond donors (Lipinski definition) is 1. The Morgan fingerprint density at radius 3 is 1.95 bits per heavy atom. The lowest BCUT2D eigenvalue weighted by atomic mass is 9.90. The zero-order chi connectivity index (χ0) is 13.6. The predicted octanol–water partition coefficient (Wildman–Crippen LogP) is 4.00. The summed E-state index contributed by atoms with van der Waals surface area (Å²) in [6.45, 7) is 1.94. The van der Waals surface area contributed by atoms with Crippen LogP contribution in [-0.4, -0.2) is 10.7 Å². The fraction of sp³-hybridized carbons (Fsp3) is 0.333. The molecule has 1 heteroatoms. The van der Waals surface area contributed by atoms with E-state index in [2.05, 4.69) is 36.4 Å². The Morgan fingerprint density at radius 1 is 0.842 bits per heavy atom. The highest BCUT2D eigenvalue weighted by molar-refractivity contribution is 5.17. The summed E-state index contributed by atoms with van der Waals surface area (Å²) in [5.74, 6) is 0. The minimum Gasteiger partial charge on any atom is -0.390 e. The Morgan fingerprint density at radius 2 is 1.37 bits per heavy atom. The molecule has 0 amide bonds. The van der Waals surface area contributed by atoms with Gasteiger partial charge in [-0.05, 0) is 37.3 Å². The van der Waals surface area contributed by atoms with Gasteiger partial charge in [0.05, 0.1) is 5.60 Å². The number of rotatable bonds is 6. The molecule has 1 unspecified atom stereocenters. The lowest BCUT2D eigenvalue weighted by Gasteiger charge is -2.23. The Balaban J connectivity index is 1.81. The van der Waals surface area contributed by atoms with Gasteiger partial charge in [0.2, 0.25) is 0 Å². The number of aliphatic hydroxyl groups is 1. The van der Waals surface area contributed by atoms with Gasteiger partial charge < -0.3 is 5.11 Å². The molecule has 0 fully saturated rings. The average molecular weight is 254 g/mol. The highest BCUT2D eigenvalue weighted by Gasteiger charge is 2.20. The Hall–Kier alpha value is -1.60. The summed E-state index contributed by atoms with van der Waals surface area (Å²) in [7, 11) is 0. The largest absolute Gasteiger partial charge is 0.390 e. The molecule has 100 valence electrons. The average Bonchev–Trinajstić information content (AvgIpc) is 2.40. The molecule has 1 nitrogen and oxygen atoms in total. The highest BCUT2D eigenvalue weighted by Crippen LogP contribution is 2.20. The molecule has 0 heterocycles. The topological polar surface area (TPSA) is 20.2 Å². The van der Waals surface area contributed by atoms with Gasteiger partial charge in [-0.15, -0.1) is 0 Å². The quantitative estimate of drug-likeness (QED) is 0.826. The van der Waals surface area contributed by atoms with E-state index in [0.717, 1.165) is 25.7 Å². The van der Waals surface area contributed by atoms with Crippen LogP contribution in [0.15, 0.2) is 60.7 Å². The van der Waals surface area contributed by atoms with Crippen LogP contribution in [0.25, 0.3) is 0 Å². The van der Waals surface area contributed by atoms with E-state index in [0.29, 0.717) is 0 Å². The van der Waals surface area contributed by atoms with Crippen LogP contribution < -0.4 is 0 Å². The van der Waals surface area contributed by atoms with Gasteiger partial charge >= 0.3 is 0 Å². The molecule has 2 aromatic carbocycles. The van der Waals surface area contributed by atoms with Gasteiger partial charge in [-0.2, -0.15) is 0 Å². The summed E-state index contributed by atoms with van der Waals surface area (Å²) in [5, 5.41) is 10.4. The van der Waals surface area contributed by atoms with Gasteiger partial charge in [0, 0.05) is 6.42 Å². The molecule has 2 aromatic rings. The first-order valence-corrected chi connectivity index (χ1v) is 6.96. The van der Waals surface area contributed by atoms with E-state index < -0.39 is 5.60 Å². The van der Waals surface area contributed by atoms with Crippen LogP contribution in [-0.2, 0) is 12.8 Å². The maximum Gasteiger partial charge on any atom is 0.0660 e. The maximum absolute atomic E-state index is 10.4. The molecule has 0 saturated heterocycles. The van der Waals surface area contributed by atoms with E-state index in [1.165, 1.54) is 11.1 Å². The zero-order valence-corrected chi connectivity index (χ0v) is 11.5. The van der Waals surface area contributed by atoms with Gasteiger partial charge in [0.1, 0.15) is 0 Å². The second-order valence-electron chi connectivity index (χ2n) is 5.50. The normalized spacial score (nSPS) is 14.0. The van der Waals surface area contributed by atoms with Crippen molar-refractivity contribution in [1.82, 2.24) is 0 Å². The molecule has 0 aliphatic rings. The van der Waals surface area contributed by atoms with Crippen LogP contribution in [0.1, 0.15) is 30.9 Å². The summed E-state index contributed by atoms with van der Waals surface area (Å²) < 4.78 is 0. The molecule has 0 bridgehead atoms. The van der Waals surface area contributed by atoms with E-state index in [9.17, 15) is 5.11 Å². The first-order chi connectivity index (χ1) is 9.16. The van der Waals surface area contributed by atoms with Crippen molar-refractivity contribution in [3.8, 4) is 0 Å². The van der Waals surface area contributed by atoms with E-state index >= 15 is 0 Å². The monoisotopic (exact) mass is 254 g/mol. The van der Waals surface area contributed by atoms with Crippen molar-refractivity contribution in [2.45, 2.75) is 38.2 Å². The second-order valence-corrected chi connectivity index (χ2v) is 5.50. The van der Waals surface area contributed by atoms with Crippen LogP contribution in [0.5, 0.6) is 0 Å². The van der Waals surface area contributed by atoms with Gasteiger partial charge in [-0.3, -0.25) is 0 Å². The molecule has 0 aliphatic heterocycles. The summed E-state index contributed by atoms with van der Waals surface area (Å²) >= 11 is 0. The third kappa shape index (κ3) is 4.88. The lowest BCUT2D eigenvalue weighted by Crippen LogP contribution is -2.27. The summed E-state index contributed by atoms with van der Waals surface area (Å²) in [5.41, 5.74) is 1.93. The van der Waals surface area contributed by atoms with Gasteiger partial charge in [-0.1, -0.05) is 60.7 Å². The standard InChI is InChI=1S/C18H22O/c1-18(19,15-17-11-6-3-7-12-17)14-8-13-16-9-4-2-5-10-16/h2-7,9-12,19H,8,13-15H2,1H3. The number of aryl methyl sites for hydroxylation is 1. The van der Waals surface area contributed by atoms with Crippen LogP contribution in [0, 0.1) is 0 Å². The second kappa shape index (κ2) is 6.53. The Kier molecular flexibility index (Phi) is 4.75. The van der Waals surface area contributed by atoms with Gasteiger partial charge in [0.25, 0.3) is 0 Å². The van der Waals surface area contributed by atoms with Crippen molar-refractivity contribution < 1.29 is 5.11 Å². The smallest absolute Gasteiger partial charge is 0.0660 e. The van der Waals surface area contributed by atoms with Crippen molar-refractivity contribution in [2.24, 2.45) is 0 Å². The third-order valence-electron chi connectivity index (χ3n) is 3.45. The maximum atomic E-state index is 10.4. The van der Waals surface area contributed by atoms with Crippen molar-refractivity contribution >= 4 is 0 Å². The Labute approximate surface area is 115 Å². The van der Waals surface area contributed by atoms with Crippen molar-refractivity contribution in [1.29, 1.82) is 0 Å². The molecule has 19 heavy (non-hydrogen) atoms. The van der Waals surface area contributed by atoms with E-state index in [1.807, 2.05) is 31.2 Å². The van der Waals surface area contributed by atoms with Crippen LogP contribution >= 0.6 is 0 Å². The van der Waals surface area contributed by atoms with Crippen LogP contribution in [0.4, 0.5) is 0 Å². The molecular weight excluding hydrogens is 232 g/mol. The molecule has 1 N–H and O–H groups in total. The minimum absolute atomic E-state index is 0.615. The highest BCUT2D eigenvalue weighted by atomic mass is 16.3. The SMILES string of the molecule is CC(O)(CCCc1ccccc1)Cc1ccccc1. The zero-order valence-electron chi connectivity index (χ0n) is 11.5. The molecule has 1 atom stereocenters. The summed E-state index contributed by atoms with van der Waals surface area (Å²) in [4.78, 5) is 0. The van der Waals surface area contributed by atoms with Crippen LogP contribution in [0.2, 0.25) is 0 Å². The predicted molar refractivity (Wildman–Crippen MR) is 80.1 cm³/mol. The first kappa shape index (κ1) is 13.8. The number of benzene rings is 2. The summed E-state index contributed by atoms with van der Waals surface area (Å²) in [6, 6.07) is 20.7. The van der Waals surface area contributed by atoms with Crippen molar-refractivity contribution in [3.63, 3.8) is 0 Å². The Bertz CT molecular complexity index is 474. The minimum atomic E-state index is -0.615. The van der Waals surface area contributed by atoms with Crippen LogP contribution in [0.3, 0.4) is 0 Å². The lowest BCUT2D eigenvalue weighted by molar-refractivity contribution is 0.0493. The molecular formula is C18H22O. The van der Waals surface area contributed by atoms with Gasteiger partial charge in [-0.25, -0.2) is 0 Å². The molecule has 2 rings (SSSR count). The molecule has 0 aliphatic carbocycles. The van der Waals surface area contributed by atoms with E-state index in [-0.39, 0.29) is 0 Å². The molecule has 0 spiro atoms. The molecule has 0 aromatic heterocycles. The van der Waals surface area contributed by atoms with E-state index in [4.69, 9.17) is 0 Å². The summed E-state index contributed by atoms with van der Waals surface area (Å²) in [6.07, 6.45) is 3.61. The fourth-order valence-electron chi connectivity index (χ4n) is 2.44. The van der Waals surface area contributed by atoms with E-state index in [1.54, 1.807) is 0 Å². The third-order valence-corrected chi connectivity index (χ3v) is 3.45. The van der Waals surface area contributed by atoms with Gasteiger partial charge in [0.15, 0.2) is 0 Å². The van der Waals surface area contributed by atoms with Crippen molar-refractivity contribution in [2.75, 3.05) is 0 Å². The van der Waals surface area contributed by atoms with Crippen molar-refractivity contribution in [3.05, 3.63) is 71.8 Å². The number of hydrogen-bond acceptors (Lipinski definition) is 1. The molecule has 0 saturated carbocycles.